The fraction of sp³-hybridized carbons (Fsp3) is 0.294. The van der Waals surface area contributed by atoms with Crippen LogP contribution in [0.1, 0.15) is 24.1 Å². The number of para-hydroxylation sites is 1. The summed E-state index contributed by atoms with van der Waals surface area (Å²) in [5, 5.41) is 1.24. The Morgan fingerprint density at radius 2 is 2.05 bits per heavy atom. The number of aryl methyl sites for hydroxylation is 2. The van der Waals surface area contributed by atoms with Crippen molar-refractivity contribution in [1.82, 2.24) is 4.98 Å². The van der Waals surface area contributed by atoms with Crippen molar-refractivity contribution >= 4 is 23.5 Å². The van der Waals surface area contributed by atoms with Crippen LogP contribution in [0.5, 0.6) is 0 Å². The summed E-state index contributed by atoms with van der Waals surface area (Å²) in [4.78, 5) is 8.34. The molecular weight excluding hydrogens is 278 g/mol. The van der Waals surface area contributed by atoms with Crippen LogP contribution in [0, 0.1) is 13.8 Å². The molecule has 0 radical (unpaired) electrons. The molecule has 0 fully saturated rings. The van der Waals surface area contributed by atoms with Gasteiger partial charge >= 0.3 is 5.82 Å². The number of nitrogens with zero attached hydrogens (tertiary/aromatic N) is 3. The van der Waals surface area contributed by atoms with Gasteiger partial charge in [0.05, 0.1) is 23.8 Å². The van der Waals surface area contributed by atoms with Crippen LogP contribution in [0.2, 0.25) is 0 Å². The summed E-state index contributed by atoms with van der Waals surface area (Å²) in [7, 11) is 2.07. The topological polar surface area (TPSA) is 20.0 Å². The summed E-state index contributed by atoms with van der Waals surface area (Å²) in [6, 6.07) is 10.7. The van der Waals surface area contributed by atoms with Gasteiger partial charge in [-0.25, -0.2) is 4.57 Å². The molecule has 1 aliphatic rings. The van der Waals surface area contributed by atoms with E-state index in [2.05, 4.69) is 71.8 Å². The number of anilines is 1. The van der Waals surface area contributed by atoms with E-state index in [1.54, 1.807) is 0 Å². The molecular formula is C17H20N3S+. The molecule has 3 nitrogen and oxygen atoms in total. The molecule has 21 heavy (non-hydrogen) atoms. The van der Waals surface area contributed by atoms with E-state index in [1.165, 1.54) is 21.3 Å². The first-order valence-electron chi connectivity index (χ1n) is 7.20. The molecule has 1 aromatic carbocycles. The summed E-state index contributed by atoms with van der Waals surface area (Å²) in [5.74, 6) is 1.00. The quantitative estimate of drug-likeness (QED) is 0.792. The number of rotatable bonds is 2. The van der Waals surface area contributed by atoms with Crippen molar-refractivity contribution < 1.29 is 4.57 Å². The Morgan fingerprint density at radius 3 is 2.81 bits per heavy atom. The fourth-order valence-corrected chi connectivity index (χ4v) is 3.75. The lowest BCUT2D eigenvalue weighted by atomic mass is 10.3. The molecule has 0 saturated heterocycles. The molecule has 1 aromatic heterocycles. The van der Waals surface area contributed by atoms with Crippen LogP contribution in [-0.2, 0) is 7.05 Å². The predicted octanol–water partition coefficient (Wildman–Crippen LogP) is 3.45. The van der Waals surface area contributed by atoms with Crippen LogP contribution >= 0.6 is 11.8 Å². The molecule has 0 N–H and O–H groups in total. The number of thioether (sulfide) groups is 1. The van der Waals surface area contributed by atoms with E-state index in [9.17, 15) is 0 Å². The Kier molecular flexibility index (Phi) is 3.72. The molecule has 0 saturated carbocycles. The van der Waals surface area contributed by atoms with Crippen LogP contribution in [0.25, 0.3) is 6.08 Å². The van der Waals surface area contributed by atoms with E-state index < -0.39 is 0 Å². The van der Waals surface area contributed by atoms with Crippen molar-refractivity contribution in [1.29, 1.82) is 0 Å². The molecule has 1 aliphatic heterocycles. The third kappa shape index (κ3) is 2.56. The second kappa shape index (κ2) is 5.53. The number of fused-ring (bicyclic) bond motifs is 1. The highest BCUT2D eigenvalue weighted by Gasteiger charge is 2.25. The van der Waals surface area contributed by atoms with Gasteiger partial charge in [-0.15, -0.1) is 0 Å². The zero-order valence-corrected chi connectivity index (χ0v) is 13.7. The van der Waals surface area contributed by atoms with Gasteiger partial charge in [0.2, 0.25) is 0 Å². The number of hydrogen-bond acceptors (Lipinski definition) is 3. The molecule has 0 spiro atoms. The summed E-state index contributed by atoms with van der Waals surface area (Å²) in [5.41, 5.74) is 3.57. The van der Waals surface area contributed by atoms with Crippen molar-refractivity contribution in [2.75, 3.05) is 11.4 Å². The average Bonchev–Trinajstić information content (AvgIpc) is 2.81. The number of aromatic nitrogens is 2. The SMILES string of the molecule is CCN1/C(=C/c2nc(C)cc(C)[n+]2C)Sc2ccccc21. The van der Waals surface area contributed by atoms with E-state index in [0.717, 1.165) is 18.1 Å². The standard InChI is InChI=1S/C17H20N3S/c1-5-20-14-8-6-7-9-15(14)21-17(20)11-16-18-12(2)10-13(3)19(16)4/h6-11H,5H2,1-4H3/q+1. The highest BCUT2D eigenvalue weighted by Crippen LogP contribution is 2.45. The third-order valence-corrected chi connectivity index (χ3v) is 4.90. The van der Waals surface area contributed by atoms with E-state index in [-0.39, 0.29) is 0 Å². The van der Waals surface area contributed by atoms with Gasteiger partial charge in [0.1, 0.15) is 5.69 Å². The van der Waals surface area contributed by atoms with Gasteiger partial charge in [-0.05, 0) is 31.0 Å². The minimum absolute atomic E-state index is 0.963. The molecule has 2 heterocycles. The summed E-state index contributed by atoms with van der Waals surface area (Å²) >= 11 is 1.82. The van der Waals surface area contributed by atoms with Crippen molar-refractivity contribution in [2.45, 2.75) is 25.7 Å². The summed E-state index contributed by atoms with van der Waals surface area (Å²) < 4.78 is 2.14. The van der Waals surface area contributed by atoms with Crippen molar-refractivity contribution in [3.8, 4) is 0 Å². The lowest BCUT2D eigenvalue weighted by molar-refractivity contribution is -0.682. The smallest absolute Gasteiger partial charge is 0.325 e. The molecule has 3 rings (SSSR count). The van der Waals surface area contributed by atoms with Gasteiger partial charge in [0.25, 0.3) is 0 Å². The van der Waals surface area contributed by atoms with Crippen LogP contribution in [0.15, 0.2) is 40.3 Å². The molecule has 0 unspecified atom stereocenters. The maximum atomic E-state index is 4.68. The van der Waals surface area contributed by atoms with E-state index >= 15 is 0 Å². The van der Waals surface area contributed by atoms with Gasteiger partial charge in [-0.2, -0.15) is 0 Å². The van der Waals surface area contributed by atoms with Crippen LogP contribution in [0.3, 0.4) is 0 Å². The summed E-state index contributed by atoms with van der Waals surface area (Å²) in [6.07, 6.45) is 2.19. The highest BCUT2D eigenvalue weighted by molar-refractivity contribution is 8.03. The second-order valence-corrected chi connectivity index (χ2v) is 6.31. The number of hydrogen-bond donors (Lipinski definition) is 0. The maximum absolute atomic E-state index is 4.68. The van der Waals surface area contributed by atoms with Crippen LogP contribution in [-0.4, -0.2) is 11.5 Å². The minimum Gasteiger partial charge on any atom is -0.335 e. The zero-order chi connectivity index (χ0) is 15.0. The largest absolute Gasteiger partial charge is 0.335 e. The first-order valence-corrected chi connectivity index (χ1v) is 8.02. The normalized spacial score (nSPS) is 15.6. The van der Waals surface area contributed by atoms with E-state index in [1.807, 2.05) is 18.7 Å². The molecule has 108 valence electrons. The van der Waals surface area contributed by atoms with Gasteiger partial charge in [-0.1, -0.05) is 23.9 Å². The number of benzene rings is 1. The third-order valence-electron chi connectivity index (χ3n) is 3.79. The molecule has 0 bridgehead atoms. The van der Waals surface area contributed by atoms with Gasteiger partial charge in [0, 0.05) is 24.4 Å². The first-order chi connectivity index (χ1) is 10.1. The molecule has 2 aromatic rings. The van der Waals surface area contributed by atoms with Crippen LogP contribution in [0.4, 0.5) is 5.69 Å². The Bertz CT molecular complexity index is 722. The monoisotopic (exact) mass is 298 g/mol. The van der Waals surface area contributed by atoms with E-state index in [0.29, 0.717) is 0 Å². The molecule has 4 heteroatoms. The lowest BCUT2D eigenvalue weighted by Crippen LogP contribution is -2.37. The van der Waals surface area contributed by atoms with Gasteiger partial charge < -0.3 is 4.90 Å². The van der Waals surface area contributed by atoms with Crippen LogP contribution < -0.4 is 9.47 Å². The minimum atomic E-state index is 0.963. The summed E-state index contributed by atoms with van der Waals surface area (Å²) in [6.45, 7) is 7.31. The second-order valence-electron chi connectivity index (χ2n) is 5.25. The Hall–Kier alpha value is -1.81. The Balaban J connectivity index is 2.06. The van der Waals surface area contributed by atoms with Gasteiger partial charge in [0.15, 0.2) is 5.69 Å². The molecule has 0 amide bonds. The Labute approximate surface area is 130 Å². The van der Waals surface area contributed by atoms with Crippen molar-refractivity contribution in [3.63, 3.8) is 0 Å². The molecule has 0 atom stereocenters. The zero-order valence-electron chi connectivity index (χ0n) is 12.9. The lowest BCUT2D eigenvalue weighted by Gasteiger charge is -2.17. The fourth-order valence-electron chi connectivity index (χ4n) is 2.59. The molecule has 0 aliphatic carbocycles. The predicted molar refractivity (Wildman–Crippen MR) is 88.2 cm³/mol. The first kappa shape index (κ1) is 14.1. The highest BCUT2D eigenvalue weighted by atomic mass is 32.2. The average molecular weight is 298 g/mol. The van der Waals surface area contributed by atoms with E-state index in [4.69, 9.17) is 0 Å². The Morgan fingerprint density at radius 1 is 1.29 bits per heavy atom. The van der Waals surface area contributed by atoms with Gasteiger partial charge in [-0.3, -0.25) is 0 Å². The van der Waals surface area contributed by atoms with Crippen molar-refractivity contribution in [2.24, 2.45) is 7.05 Å². The maximum Gasteiger partial charge on any atom is 0.325 e. The van der Waals surface area contributed by atoms with Crippen molar-refractivity contribution in [3.05, 3.63) is 52.6 Å².